The highest BCUT2D eigenvalue weighted by molar-refractivity contribution is 6.33. The average Bonchev–Trinajstić information content (AvgIpc) is 2.98. The van der Waals surface area contributed by atoms with E-state index in [-0.39, 0.29) is 11.5 Å². The van der Waals surface area contributed by atoms with Crippen LogP contribution in [0.25, 0.3) is 0 Å². The molecule has 4 nitrogen and oxygen atoms in total. The predicted molar refractivity (Wildman–Crippen MR) is 88.8 cm³/mol. The first-order valence-corrected chi connectivity index (χ1v) is 7.80. The van der Waals surface area contributed by atoms with Crippen LogP contribution in [0.3, 0.4) is 0 Å². The maximum atomic E-state index is 12.6. The number of hydrogen-bond donors (Lipinski definition) is 0. The largest absolute Gasteiger partial charge is 0.449 e. The van der Waals surface area contributed by atoms with E-state index >= 15 is 0 Å². The van der Waals surface area contributed by atoms with Crippen LogP contribution in [-0.2, 0) is 16.0 Å². The van der Waals surface area contributed by atoms with Gasteiger partial charge in [-0.25, -0.2) is 4.79 Å². The fourth-order valence-corrected chi connectivity index (χ4v) is 2.90. The van der Waals surface area contributed by atoms with Gasteiger partial charge in [-0.15, -0.1) is 0 Å². The molecule has 3 rings (SSSR count). The number of carbonyl (C=O) groups excluding carboxylic acids is 2. The third-order valence-corrected chi connectivity index (χ3v) is 4.21. The predicted octanol–water partition coefficient (Wildman–Crippen LogP) is 3.47. The molecule has 1 atom stereocenters. The van der Waals surface area contributed by atoms with Crippen LogP contribution < -0.4 is 4.90 Å². The van der Waals surface area contributed by atoms with Crippen molar-refractivity contribution in [1.82, 2.24) is 0 Å². The van der Waals surface area contributed by atoms with Crippen LogP contribution in [0.2, 0.25) is 5.02 Å². The van der Waals surface area contributed by atoms with Gasteiger partial charge in [-0.05, 0) is 37.1 Å². The van der Waals surface area contributed by atoms with Gasteiger partial charge in [0.25, 0.3) is 5.91 Å². The molecule has 118 valence electrons. The maximum absolute atomic E-state index is 12.6. The topological polar surface area (TPSA) is 46.6 Å². The quantitative estimate of drug-likeness (QED) is 0.810. The Hall–Kier alpha value is -2.33. The zero-order chi connectivity index (χ0) is 16.4. The molecule has 23 heavy (non-hydrogen) atoms. The van der Waals surface area contributed by atoms with E-state index < -0.39 is 12.1 Å². The lowest BCUT2D eigenvalue weighted by Crippen LogP contribution is -2.39. The van der Waals surface area contributed by atoms with Crippen LogP contribution in [0.1, 0.15) is 22.8 Å². The molecule has 0 fully saturated rings. The normalized spacial score (nSPS) is 14.3. The summed E-state index contributed by atoms with van der Waals surface area (Å²) in [5, 5.41) is 0.309. The molecular formula is C18H16ClNO3. The number of esters is 1. The summed E-state index contributed by atoms with van der Waals surface area (Å²) in [4.78, 5) is 26.4. The fourth-order valence-electron chi connectivity index (χ4n) is 2.69. The van der Waals surface area contributed by atoms with Crippen molar-refractivity contribution in [1.29, 1.82) is 0 Å². The molecule has 2 aromatic rings. The van der Waals surface area contributed by atoms with Crippen molar-refractivity contribution in [2.45, 2.75) is 19.4 Å². The second kappa shape index (κ2) is 6.42. The van der Waals surface area contributed by atoms with Gasteiger partial charge in [-0.1, -0.05) is 41.9 Å². The zero-order valence-corrected chi connectivity index (χ0v) is 13.4. The van der Waals surface area contributed by atoms with Crippen LogP contribution in [0.4, 0.5) is 5.69 Å². The Bertz CT molecular complexity index is 759. The lowest BCUT2D eigenvalue weighted by Gasteiger charge is -2.21. The van der Waals surface area contributed by atoms with Crippen molar-refractivity contribution >= 4 is 29.2 Å². The van der Waals surface area contributed by atoms with E-state index in [1.807, 2.05) is 24.3 Å². The number of hydrogen-bond acceptors (Lipinski definition) is 3. The number of ether oxygens (including phenoxy) is 1. The van der Waals surface area contributed by atoms with E-state index in [2.05, 4.69) is 0 Å². The van der Waals surface area contributed by atoms with E-state index in [0.29, 0.717) is 11.6 Å². The number of rotatable bonds is 3. The smallest absolute Gasteiger partial charge is 0.340 e. The summed E-state index contributed by atoms with van der Waals surface area (Å²) in [7, 11) is 0. The lowest BCUT2D eigenvalue weighted by atomic mass is 10.2. The standard InChI is InChI=1S/C18H16ClNO3/c1-12(23-18(22)14-7-3-4-8-15(14)19)17(21)20-11-10-13-6-2-5-9-16(13)20/h2-9,12H,10-11H2,1H3/t12-/m1/s1. The molecule has 0 spiro atoms. The summed E-state index contributed by atoms with van der Waals surface area (Å²) in [5.74, 6) is -0.820. The average molecular weight is 330 g/mol. The van der Waals surface area contributed by atoms with Gasteiger partial charge in [0.1, 0.15) is 0 Å². The Morgan fingerprint density at radius 3 is 2.61 bits per heavy atom. The number of para-hydroxylation sites is 1. The molecule has 1 amide bonds. The second-order valence-corrected chi connectivity index (χ2v) is 5.80. The third-order valence-electron chi connectivity index (χ3n) is 3.88. The van der Waals surface area contributed by atoms with Crippen LogP contribution in [0.15, 0.2) is 48.5 Å². The summed E-state index contributed by atoms with van der Waals surface area (Å²) in [6.07, 6.45) is -0.0578. The number of nitrogens with zero attached hydrogens (tertiary/aromatic N) is 1. The summed E-state index contributed by atoms with van der Waals surface area (Å²) >= 11 is 5.98. The van der Waals surface area contributed by atoms with Crippen LogP contribution >= 0.6 is 11.6 Å². The van der Waals surface area contributed by atoms with Gasteiger partial charge in [0, 0.05) is 12.2 Å². The van der Waals surface area contributed by atoms with Gasteiger partial charge in [-0.2, -0.15) is 0 Å². The summed E-state index contributed by atoms with van der Waals surface area (Å²) in [6, 6.07) is 14.4. The maximum Gasteiger partial charge on any atom is 0.340 e. The zero-order valence-electron chi connectivity index (χ0n) is 12.7. The van der Waals surface area contributed by atoms with Crippen molar-refractivity contribution in [3.63, 3.8) is 0 Å². The van der Waals surface area contributed by atoms with Crippen LogP contribution in [-0.4, -0.2) is 24.5 Å². The monoisotopic (exact) mass is 329 g/mol. The summed E-state index contributed by atoms with van der Waals surface area (Å²) in [5.41, 5.74) is 2.28. The number of fused-ring (bicyclic) bond motifs is 1. The van der Waals surface area contributed by atoms with E-state index in [1.54, 1.807) is 36.1 Å². The van der Waals surface area contributed by atoms with Crippen molar-refractivity contribution in [2.24, 2.45) is 0 Å². The number of amides is 1. The first-order valence-electron chi connectivity index (χ1n) is 7.42. The van der Waals surface area contributed by atoms with Gasteiger partial charge < -0.3 is 9.64 Å². The highest BCUT2D eigenvalue weighted by Gasteiger charge is 2.30. The number of benzene rings is 2. The Balaban J connectivity index is 1.72. The number of anilines is 1. The summed E-state index contributed by atoms with van der Waals surface area (Å²) in [6.45, 7) is 2.18. The fraction of sp³-hybridized carbons (Fsp3) is 0.222. The Morgan fingerprint density at radius 1 is 1.13 bits per heavy atom. The molecule has 1 aliphatic rings. The molecule has 0 unspecified atom stereocenters. The van der Waals surface area contributed by atoms with E-state index in [1.165, 1.54) is 0 Å². The molecule has 0 aromatic heterocycles. The molecule has 5 heteroatoms. The molecule has 0 N–H and O–H groups in total. The third kappa shape index (κ3) is 3.08. The minimum absolute atomic E-state index is 0.227. The highest BCUT2D eigenvalue weighted by atomic mass is 35.5. The number of carbonyl (C=O) groups is 2. The molecule has 0 radical (unpaired) electrons. The molecule has 2 aromatic carbocycles. The Kier molecular flexibility index (Phi) is 4.35. The first kappa shape index (κ1) is 15.6. The minimum Gasteiger partial charge on any atom is -0.449 e. The Labute approximate surface area is 139 Å². The van der Waals surface area contributed by atoms with Gasteiger partial charge in [0.15, 0.2) is 6.10 Å². The molecule has 0 saturated heterocycles. The van der Waals surface area contributed by atoms with E-state index in [0.717, 1.165) is 17.7 Å². The molecule has 0 aliphatic carbocycles. The summed E-state index contributed by atoms with van der Waals surface area (Å²) < 4.78 is 5.29. The van der Waals surface area contributed by atoms with Crippen LogP contribution in [0.5, 0.6) is 0 Å². The van der Waals surface area contributed by atoms with Gasteiger partial charge >= 0.3 is 5.97 Å². The lowest BCUT2D eigenvalue weighted by molar-refractivity contribution is -0.126. The van der Waals surface area contributed by atoms with Crippen molar-refractivity contribution in [3.8, 4) is 0 Å². The van der Waals surface area contributed by atoms with E-state index in [4.69, 9.17) is 16.3 Å². The SMILES string of the molecule is C[C@@H](OC(=O)c1ccccc1Cl)C(=O)N1CCc2ccccc21. The van der Waals surface area contributed by atoms with Crippen molar-refractivity contribution in [3.05, 3.63) is 64.7 Å². The number of halogens is 1. The highest BCUT2D eigenvalue weighted by Crippen LogP contribution is 2.28. The Morgan fingerprint density at radius 2 is 1.83 bits per heavy atom. The molecule has 0 saturated carbocycles. The van der Waals surface area contributed by atoms with Gasteiger partial charge in [0.05, 0.1) is 10.6 Å². The second-order valence-electron chi connectivity index (χ2n) is 5.40. The van der Waals surface area contributed by atoms with Gasteiger partial charge in [-0.3, -0.25) is 4.79 Å². The van der Waals surface area contributed by atoms with Gasteiger partial charge in [0.2, 0.25) is 0 Å². The van der Waals surface area contributed by atoms with Crippen LogP contribution in [0, 0.1) is 0 Å². The van der Waals surface area contributed by atoms with Crippen molar-refractivity contribution < 1.29 is 14.3 Å². The minimum atomic E-state index is -0.870. The molecule has 1 aliphatic heterocycles. The van der Waals surface area contributed by atoms with E-state index in [9.17, 15) is 9.59 Å². The molecular weight excluding hydrogens is 314 g/mol. The molecule has 1 heterocycles. The van der Waals surface area contributed by atoms with Crippen molar-refractivity contribution in [2.75, 3.05) is 11.4 Å². The first-order chi connectivity index (χ1) is 11.1. The molecule has 0 bridgehead atoms.